The van der Waals surface area contributed by atoms with Gasteiger partial charge in [0.25, 0.3) is 21.5 Å². The number of fused-ring (bicyclic) bond motifs is 4. The number of nitrogens with one attached hydrogen (secondary N) is 1. The van der Waals surface area contributed by atoms with E-state index in [2.05, 4.69) is 9.71 Å². The van der Waals surface area contributed by atoms with Crippen molar-refractivity contribution in [1.29, 1.82) is 0 Å². The van der Waals surface area contributed by atoms with E-state index in [0.29, 0.717) is 25.3 Å². The van der Waals surface area contributed by atoms with E-state index in [-0.39, 0.29) is 28.3 Å². The van der Waals surface area contributed by atoms with Crippen LogP contribution in [0, 0.1) is 11.7 Å². The average molecular weight is 469 g/mol. The van der Waals surface area contributed by atoms with E-state index >= 15 is 0 Å². The number of carbonyl (C=O) groups is 1. The Morgan fingerprint density at radius 1 is 1.06 bits per heavy atom. The predicted molar refractivity (Wildman–Crippen MR) is 119 cm³/mol. The van der Waals surface area contributed by atoms with Crippen LogP contribution in [0.3, 0.4) is 0 Å². The van der Waals surface area contributed by atoms with Crippen molar-refractivity contribution >= 4 is 21.6 Å². The van der Waals surface area contributed by atoms with E-state index in [4.69, 9.17) is 0 Å². The molecule has 4 heterocycles. The fourth-order valence-corrected chi connectivity index (χ4v) is 5.77. The molecule has 1 saturated heterocycles. The van der Waals surface area contributed by atoms with Crippen LogP contribution in [0.5, 0.6) is 0 Å². The van der Waals surface area contributed by atoms with Crippen molar-refractivity contribution in [2.45, 2.75) is 23.8 Å². The van der Waals surface area contributed by atoms with Crippen molar-refractivity contribution in [3.8, 4) is 0 Å². The Balaban J connectivity index is 1.41. The monoisotopic (exact) mass is 468 g/mol. The van der Waals surface area contributed by atoms with Gasteiger partial charge in [0, 0.05) is 37.4 Å². The Morgan fingerprint density at radius 2 is 1.91 bits per heavy atom. The second-order valence-corrected chi connectivity index (χ2v) is 10.1. The molecule has 0 radical (unpaired) electrons. The number of pyridine rings is 2. The number of amides is 1. The molecule has 2 atom stereocenters. The van der Waals surface area contributed by atoms with Gasteiger partial charge in [-0.3, -0.25) is 19.3 Å². The number of hydrogen-bond acceptors (Lipinski definition) is 5. The molecule has 2 bridgehead atoms. The second kappa shape index (κ2) is 8.11. The Kier molecular flexibility index (Phi) is 5.24. The Morgan fingerprint density at radius 3 is 2.67 bits per heavy atom. The summed E-state index contributed by atoms with van der Waals surface area (Å²) in [5.74, 6) is -0.790. The number of anilines is 1. The summed E-state index contributed by atoms with van der Waals surface area (Å²) in [6, 6.07) is 13.0. The number of piperidine rings is 1. The summed E-state index contributed by atoms with van der Waals surface area (Å²) in [6.45, 7) is 1.34. The summed E-state index contributed by atoms with van der Waals surface area (Å²) in [6.07, 6.45) is 2.43. The summed E-state index contributed by atoms with van der Waals surface area (Å²) >= 11 is 0. The molecule has 2 aromatic heterocycles. The van der Waals surface area contributed by atoms with Crippen molar-refractivity contribution < 1.29 is 17.6 Å². The van der Waals surface area contributed by atoms with Crippen LogP contribution in [0.15, 0.2) is 70.5 Å². The fourth-order valence-electron chi connectivity index (χ4n) is 4.68. The minimum absolute atomic E-state index is 0.0354. The lowest BCUT2D eigenvalue weighted by atomic mass is 9.83. The number of hydrogen-bond donors (Lipinski definition) is 1. The Labute approximate surface area is 189 Å². The molecule has 1 N–H and O–H groups in total. The highest BCUT2D eigenvalue weighted by Crippen LogP contribution is 2.36. The standard InChI is InChI=1S/C23H21FN4O4S/c24-17-4-3-5-18(11-17)33(31,32)26-20-7-8-21-16-10-15(13-28(21)23(20)30)12-27(14-16)22(29)19-6-1-2-9-25-19/h1-9,11,15-16,26H,10,12-14H2. The smallest absolute Gasteiger partial charge is 0.275 e. The van der Waals surface area contributed by atoms with Gasteiger partial charge in [-0.2, -0.15) is 0 Å². The third-order valence-electron chi connectivity index (χ3n) is 6.13. The molecule has 170 valence electrons. The zero-order valence-corrected chi connectivity index (χ0v) is 18.3. The van der Waals surface area contributed by atoms with E-state index in [0.717, 1.165) is 24.2 Å². The number of aromatic nitrogens is 2. The second-order valence-electron chi connectivity index (χ2n) is 8.37. The van der Waals surface area contributed by atoms with Gasteiger partial charge < -0.3 is 9.47 Å². The summed E-state index contributed by atoms with van der Waals surface area (Å²) in [5, 5.41) is 0. The largest absolute Gasteiger partial charge is 0.336 e. The molecule has 0 spiro atoms. The van der Waals surface area contributed by atoms with Crippen LogP contribution in [-0.2, 0) is 16.6 Å². The molecule has 1 fully saturated rings. The van der Waals surface area contributed by atoms with Crippen LogP contribution in [0.2, 0.25) is 0 Å². The normalized spacial score (nSPS) is 19.6. The maximum Gasteiger partial charge on any atom is 0.275 e. The summed E-state index contributed by atoms with van der Waals surface area (Å²) in [7, 11) is -4.12. The Hall–Kier alpha value is -3.53. The van der Waals surface area contributed by atoms with Crippen LogP contribution in [0.1, 0.15) is 28.5 Å². The molecule has 10 heteroatoms. The number of rotatable bonds is 4. The molecule has 0 saturated carbocycles. The summed E-state index contributed by atoms with van der Waals surface area (Å²) in [5.41, 5.74) is 0.608. The van der Waals surface area contributed by atoms with Crippen LogP contribution >= 0.6 is 0 Å². The minimum Gasteiger partial charge on any atom is -0.336 e. The van der Waals surface area contributed by atoms with Crippen molar-refractivity contribution in [2.24, 2.45) is 5.92 Å². The lowest BCUT2D eigenvalue weighted by Crippen LogP contribution is -2.49. The van der Waals surface area contributed by atoms with Crippen molar-refractivity contribution in [3.63, 3.8) is 0 Å². The first-order valence-corrected chi connectivity index (χ1v) is 12.0. The average Bonchev–Trinajstić information content (AvgIpc) is 2.81. The Bertz CT molecular complexity index is 1390. The van der Waals surface area contributed by atoms with Crippen LogP contribution in [0.25, 0.3) is 0 Å². The zero-order chi connectivity index (χ0) is 23.2. The number of likely N-dealkylation sites (tertiary alicyclic amines) is 1. The lowest BCUT2D eigenvalue weighted by Gasteiger charge is -2.42. The van der Waals surface area contributed by atoms with Crippen molar-refractivity contribution in [3.05, 3.63) is 88.4 Å². The number of sulfonamides is 1. The highest BCUT2D eigenvalue weighted by atomic mass is 32.2. The van der Waals surface area contributed by atoms with E-state index in [1.165, 1.54) is 18.2 Å². The first-order valence-electron chi connectivity index (χ1n) is 10.5. The highest BCUT2D eigenvalue weighted by molar-refractivity contribution is 7.92. The third-order valence-corrected chi connectivity index (χ3v) is 7.49. The maximum absolute atomic E-state index is 13.5. The van der Waals surface area contributed by atoms with Gasteiger partial charge in [-0.15, -0.1) is 0 Å². The zero-order valence-electron chi connectivity index (χ0n) is 17.5. The quantitative estimate of drug-likeness (QED) is 0.634. The third kappa shape index (κ3) is 4.02. The molecule has 1 aromatic carbocycles. The molecule has 3 aromatic rings. The van der Waals surface area contributed by atoms with Gasteiger partial charge in [0.1, 0.15) is 17.2 Å². The number of halogens is 1. The molecular formula is C23H21FN4O4S. The molecule has 2 aliphatic rings. The summed E-state index contributed by atoms with van der Waals surface area (Å²) in [4.78, 5) is 31.7. The highest BCUT2D eigenvalue weighted by Gasteiger charge is 2.37. The maximum atomic E-state index is 13.5. The fraction of sp³-hybridized carbons (Fsp3) is 0.261. The van der Waals surface area contributed by atoms with Crippen LogP contribution in [-0.4, -0.2) is 41.9 Å². The molecule has 2 unspecified atom stereocenters. The SMILES string of the molecule is O=C(c1ccccn1)N1CC2CC(C1)c1ccc(NS(=O)(=O)c3cccc(F)c3)c(=O)n1C2. The molecule has 8 nitrogen and oxygen atoms in total. The number of benzene rings is 1. The number of carbonyl (C=O) groups excluding carboxylic acids is 1. The van der Waals surface area contributed by atoms with Gasteiger partial charge in [-0.05, 0) is 54.8 Å². The van der Waals surface area contributed by atoms with Crippen LogP contribution in [0.4, 0.5) is 10.1 Å². The van der Waals surface area contributed by atoms with Crippen molar-refractivity contribution in [2.75, 3.05) is 17.8 Å². The molecular weight excluding hydrogens is 447 g/mol. The number of nitrogens with zero attached hydrogens (tertiary/aromatic N) is 3. The van der Waals surface area contributed by atoms with Gasteiger partial charge >= 0.3 is 0 Å². The molecule has 5 rings (SSSR count). The van der Waals surface area contributed by atoms with E-state index < -0.39 is 21.4 Å². The van der Waals surface area contributed by atoms with Gasteiger partial charge in [0.05, 0.1) is 4.90 Å². The predicted octanol–water partition coefficient (Wildman–Crippen LogP) is 2.44. The molecule has 2 aliphatic heterocycles. The topological polar surface area (TPSA) is 101 Å². The molecule has 0 aliphatic carbocycles. The summed E-state index contributed by atoms with van der Waals surface area (Å²) < 4.78 is 42.7. The molecule has 1 amide bonds. The van der Waals surface area contributed by atoms with E-state index in [1.807, 2.05) is 0 Å². The minimum atomic E-state index is -4.12. The van der Waals surface area contributed by atoms with Gasteiger partial charge in [-0.1, -0.05) is 12.1 Å². The van der Waals surface area contributed by atoms with Gasteiger partial charge in [0.2, 0.25) is 0 Å². The van der Waals surface area contributed by atoms with E-state index in [9.17, 15) is 22.4 Å². The van der Waals surface area contributed by atoms with E-state index in [1.54, 1.807) is 39.9 Å². The van der Waals surface area contributed by atoms with Crippen molar-refractivity contribution in [1.82, 2.24) is 14.5 Å². The first-order chi connectivity index (χ1) is 15.8. The van der Waals surface area contributed by atoms with Gasteiger partial charge in [-0.25, -0.2) is 12.8 Å². The molecule has 33 heavy (non-hydrogen) atoms. The van der Waals surface area contributed by atoms with Crippen LogP contribution < -0.4 is 10.3 Å². The lowest BCUT2D eigenvalue weighted by molar-refractivity contribution is 0.0589. The van der Waals surface area contributed by atoms with Gasteiger partial charge in [0.15, 0.2) is 0 Å². The first kappa shape index (κ1) is 21.3.